The molecule has 1 aliphatic rings. The van der Waals surface area contributed by atoms with Crippen molar-refractivity contribution in [2.45, 2.75) is 32.9 Å². The number of aromatic nitrogens is 3. The Labute approximate surface area is 138 Å². The molecule has 0 amide bonds. The van der Waals surface area contributed by atoms with E-state index in [1.54, 1.807) is 0 Å². The monoisotopic (exact) mass is 313 g/mol. The molecule has 0 bridgehead atoms. The van der Waals surface area contributed by atoms with Gasteiger partial charge in [0.15, 0.2) is 0 Å². The van der Waals surface area contributed by atoms with E-state index in [0.29, 0.717) is 0 Å². The Kier molecular flexibility index (Phi) is 5.41. The fourth-order valence-corrected chi connectivity index (χ4v) is 3.42. The Morgan fingerprint density at radius 1 is 1.39 bits per heavy atom. The smallest absolute Gasteiger partial charge is 0.0666 e. The minimum Gasteiger partial charge on any atom is -0.316 e. The van der Waals surface area contributed by atoms with Crippen molar-refractivity contribution in [2.75, 3.05) is 19.6 Å². The molecular formula is C18H27N5. The van der Waals surface area contributed by atoms with Gasteiger partial charge in [0, 0.05) is 50.8 Å². The van der Waals surface area contributed by atoms with Crippen LogP contribution in [0, 0.1) is 5.92 Å². The third-order valence-corrected chi connectivity index (χ3v) is 4.53. The maximum Gasteiger partial charge on any atom is 0.0666 e. The molecule has 3 rings (SSSR count). The molecule has 0 saturated carbocycles. The van der Waals surface area contributed by atoms with E-state index in [2.05, 4.69) is 39.5 Å². The topological polar surface area (TPSA) is 46.0 Å². The van der Waals surface area contributed by atoms with Crippen LogP contribution in [0.25, 0.3) is 0 Å². The van der Waals surface area contributed by atoms with Crippen LogP contribution in [0.5, 0.6) is 0 Å². The molecule has 0 radical (unpaired) electrons. The molecule has 1 aliphatic heterocycles. The lowest BCUT2D eigenvalue weighted by Gasteiger charge is -2.25. The second-order valence-electron chi connectivity index (χ2n) is 6.52. The molecule has 5 heteroatoms. The molecule has 0 spiro atoms. The van der Waals surface area contributed by atoms with E-state index in [-0.39, 0.29) is 0 Å². The van der Waals surface area contributed by atoms with E-state index in [9.17, 15) is 0 Å². The van der Waals surface area contributed by atoms with Crippen LogP contribution >= 0.6 is 0 Å². The van der Waals surface area contributed by atoms with Crippen molar-refractivity contribution < 1.29 is 0 Å². The molecule has 23 heavy (non-hydrogen) atoms. The molecule has 2 aromatic heterocycles. The number of aryl methyl sites for hydroxylation is 2. The second-order valence-corrected chi connectivity index (χ2v) is 6.52. The van der Waals surface area contributed by atoms with Gasteiger partial charge in [-0.1, -0.05) is 13.0 Å². The zero-order chi connectivity index (χ0) is 16.1. The van der Waals surface area contributed by atoms with Crippen LogP contribution in [0.15, 0.2) is 30.7 Å². The molecule has 1 atom stereocenters. The third kappa shape index (κ3) is 4.39. The van der Waals surface area contributed by atoms with Gasteiger partial charge in [0.05, 0.1) is 5.69 Å². The van der Waals surface area contributed by atoms with Crippen molar-refractivity contribution >= 4 is 0 Å². The molecular weight excluding hydrogens is 286 g/mol. The first-order valence-electron chi connectivity index (χ1n) is 8.58. The standard InChI is InChI=1S/C18H27N5/c1-3-18-17(13-22(2)21-18)14-23(12-16-6-8-20-10-16)11-15-5-4-7-19-9-15/h4-5,7,9,13,16,20H,3,6,8,10-12,14H2,1-2H3/t16-/m0/s1. The zero-order valence-electron chi connectivity index (χ0n) is 14.2. The molecule has 2 aromatic rings. The summed E-state index contributed by atoms with van der Waals surface area (Å²) in [5.74, 6) is 0.744. The molecule has 5 nitrogen and oxygen atoms in total. The number of nitrogens with zero attached hydrogens (tertiary/aromatic N) is 4. The average Bonchev–Trinajstić information content (AvgIpc) is 3.17. The zero-order valence-corrected chi connectivity index (χ0v) is 14.2. The molecule has 0 aromatic carbocycles. The summed E-state index contributed by atoms with van der Waals surface area (Å²) in [6, 6.07) is 4.18. The summed E-state index contributed by atoms with van der Waals surface area (Å²) in [7, 11) is 2.01. The maximum absolute atomic E-state index is 4.59. The first-order chi connectivity index (χ1) is 11.2. The highest BCUT2D eigenvalue weighted by Crippen LogP contribution is 2.17. The summed E-state index contributed by atoms with van der Waals surface area (Å²) in [4.78, 5) is 6.81. The van der Waals surface area contributed by atoms with Gasteiger partial charge in [0.1, 0.15) is 0 Å². The predicted molar refractivity (Wildman–Crippen MR) is 91.9 cm³/mol. The molecule has 124 valence electrons. The van der Waals surface area contributed by atoms with Gasteiger partial charge in [-0.2, -0.15) is 5.10 Å². The molecule has 0 unspecified atom stereocenters. The quantitative estimate of drug-likeness (QED) is 0.849. The Morgan fingerprint density at radius 3 is 3.00 bits per heavy atom. The highest BCUT2D eigenvalue weighted by molar-refractivity contribution is 5.17. The first kappa shape index (κ1) is 16.1. The van der Waals surface area contributed by atoms with E-state index in [0.717, 1.165) is 45.1 Å². The van der Waals surface area contributed by atoms with Crippen molar-refractivity contribution in [1.29, 1.82) is 0 Å². The summed E-state index contributed by atoms with van der Waals surface area (Å²) >= 11 is 0. The minimum absolute atomic E-state index is 0.744. The van der Waals surface area contributed by atoms with Crippen LogP contribution in [0.2, 0.25) is 0 Å². The summed E-state index contributed by atoms with van der Waals surface area (Å²) in [6.07, 6.45) is 8.25. The lowest BCUT2D eigenvalue weighted by molar-refractivity contribution is 0.220. The summed E-state index contributed by atoms with van der Waals surface area (Å²) in [6.45, 7) is 7.50. The molecule has 1 fully saturated rings. The van der Waals surface area contributed by atoms with Crippen LogP contribution in [0.3, 0.4) is 0 Å². The van der Waals surface area contributed by atoms with Crippen LogP contribution in [-0.4, -0.2) is 39.3 Å². The van der Waals surface area contributed by atoms with E-state index in [4.69, 9.17) is 0 Å². The molecule has 3 heterocycles. The van der Waals surface area contributed by atoms with Gasteiger partial charge >= 0.3 is 0 Å². The fourth-order valence-electron chi connectivity index (χ4n) is 3.42. The number of hydrogen-bond donors (Lipinski definition) is 1. The van der Waals surface area contributed by atoms with Gasteiger partial charge in [0.2, 0.25) is 0 Å². The highest BCUT2D eigenvalue weighted by Gasteiger charge is 2.20. The molecule has 0 aliphatic carbocycles. The second kappa shape index (κ2) is 7.70. The van der Waals surface area contributed by atoms with Crippen LogP contribution < -0.4 is 5.32 Å². The van der Waals surface area contributed by atoms with E-state index in [1.807, 2.05) is 30.2 Å². The van der Waals surface area contributed by atoms with Gasteiger partial charge in [0.25, 0.3) is 0 Å². The Balaban J connectivity index is 1.73. The Morgan fingerprint density at radius 2 is 2.30 bits per heavy atom. The lowest BCUT2D eigenvalue weighted by atomic mass is 10.1. The van der Waals surface area contributed by atoms with Gasteiger partial charge in [-0.3, -0.25) is 14.6 Å². The van der Waals surface area contributed by atoms with Crippen molar-refractivity contribution in [3.05, 3.63) is 47.5 Å². The summed E-state index contributed by atoms with van der Waals surface area (Å²) in [5, 5.41) is 8.06. The SMILES string of the molecule is CCc1nn(C)cc1CN(Cc1cccnc1)C[C@H]1CCNC1. The van der Waals surface area contributed by atoms with Gasteiger partial charge < -0.3 is 5.32 Å². The number of pyridine rings is 1. The fraction of sp³-hybridized carbons (Fsp3) is 0.556. The lowest BCUT2D eigenvalue weighted by Crippen LogP contribution is -2.30. The normalized spacial score (nSPS) is 18.0. The summed E-state index contributed by atoms with van der Waals surface area (Å²) < 4.78 is 1.94. The van der Waals surface area contributed by atoms with E-state index < -0.39 is 0 Å². The van der Waals surface area contributed by atoms with Crippen LogP contribution in [-0.2, 0) is 26.6 Å². The molecule has 1 N–H and O–H groups in total. The first-order valence-corrected chi connectivity index (χ1v) is 8.58. The Hall–Kier alpha value is -1.72. The van der Waals surface area contributed by atoms with E-state index in [1.165, 1.54) is 23.2 Å². The number of nitrogens with one attached hydrogen (secondary N) is 1. The van der Waals surface area contributed by atoms with Crippen molar-refractivity contribution in [1.82, 2.24) is 25.0 Å². The van der Waals surface area contributed by atoms with Gasteiger partial charge in [-0.15, -0.1) is 0 Å². The van der Waals surface area contributed by atoms with Crippen molar-refractivity contribution in [2.24, 2.45) is 13.0 Å². The van der Waals surface area contributed by atoms with E-state index >= 15 is 0 Å². The van der Waals surface area contributed by atoms with Gasteiger partial charge in [-0.05, 0) is 43.5 Å². The Bertz CT molecular complexity index is 601. The summed E-state index contributed by atoms with van der Waals surface area (Å²) in [5.41, 5.74) is 3.85. The number of hydrogen-bond acceptors (Lipinski definition) is 4. The van der Waals surface area contributed by atoms with Crippen LogP contribution in [0.1, 0.15) is 30.2 Å². The number of rotatable bonds is 7. The van der Waals surface area contributed by atoms with Crippen molar-refractivity contribution in [3.63, 3.8) is 0 Å². The van der Waals surface area contributed by atoms with Crippen molar-refractivity contribution in [3.8, 4) is 0 Å². The largest absolute Gasteiger partial charge is 0.316 e. The maximum atomic E-state index is 4.59. The minimum atomic E-state index is 0.744. The highest BCUT2D eigenvalue weighted by atomic mass is 15.3. The molecule has 1 saturated heterocycles. The van der Waals surface area contributed by atoms with Crippen LogP contribution in [0.4, 0.5) is 0 Å². The predicted octanol–water partition coefficient (Wildman–Crippen LogP) is 1.99. The average molecular weight is 313 g/mol. The third-order valence-electron chi connectivity index (χ3n) is 4.53. The van der Waals surface area contributed by atoms with Gasteiger partial charge in [-0.25, -0.2) is 0 Å².